The highest BCUT2D eigenvalue weighted by Gasteiger charge is 2.29. The lowest BCUT2D eigenvalue weighted by molar-refractivity contribution is 0.736. The number of nitrogens with zero attached hydrogens (tertiary/aromatic N) is 3. The molecule has 0 radical (unpaired) electrons. The fourth-order valence-electron chi connectivity index (χ4n) is 2.33. The van der Waals surface area contributed by atoms with Crippen molar-refractivity contribution in [2.45, 2.75) is 43.3 Å². The van der Waals surface area contributed by atoms with Crippen molar-refractivity contribution in [3.05, 3.63) is 5.82 Å². The Hall–Kier alpha value is -0.290. The number of rotatable bonds is 3. The largest absolute Gasteiger partial charge is 0.346 e. The summed E-state index contributed by atoms with van der Waals surface area (Å²) in [6.07, 6.45) is 8.83. The first kappa shape index (κ1) is 11.8. The van der Waals surface area contributed by atoms with E-state index in [1.165, 1.54) is 32.1 Å². The molecule has 0 amide bonds. The van der Waals surface area contributed by atoms with Gasteiger partial charge in [0.15, 0.2) is 0 Å². The predicted octanol–water partition coefficient (Wildman–Crippen LogP) is 3.14. The van der Waals surface area contributed by atoms with Crippen molar-refractivity contribution in [3.63, 3.8) is 0 Å². The van der Waals surface area contributed by atoms with Gasteiger partial charge in [-0.15, -0.1) is 0 Å². The van der Waals surface area contributed by atoms with Crippen LogP contribution < -0.4 is 4.90 Å². The van der Waals surface area contributed by atoms with Crippen LogP contribution in [0.3, 0.4) is 0 Å². The molecule has 3 rings (SSSR count). The van der Waals surface area contributed by atoms with Crippen molar-refractivity contribution in [2.75, 3.05) is 24.2 Å². The summed E-state index contributed by atoms with van der Waals surface area (Å²) >= 11 is 3.60. The summed E-state index contributed by atoms with van der Waals surface area (Å²) in [6, 6.07) is 0. The molecule has 0 N–H and O–H groups in total. The molecule has 0 aromatic carbocycles. The van der Waals surface area contributed by atoms with Crippen molar-refractivity contribution in [3.8, 4) is 0 Å². The molecule has 3 nitrogen and oxygen atoms in total. The van der Waals surface area contributed by atoms with E-state index >= 15 is 0 Å². The Kier molecular flexibility index (Phi) is 3.56. The third-order valence-electron chi connectivity index (χ3n) is 3.61. The second-order valence-corrected chi connectivity index (χ2v) is 6.88. The van der Waals surface area contributed by atoms with Crippen LogP contribution in [0, 0.1) is 0 Å². The maximum Gasteiger partial charge on any atom is 0.205 e. The van der Waals surface area contributed by atoms with Gasteiger partial charge in [-0.1, -0.05) is 6.42 Å². The zero-order valence-corrected chi connectivity index (χ0v) is 11.9. The van der Waals surface area contributed by atoms with Crippen molar-refractivity contribution < 1.29 is 0 Å². The maximum absolute atomic E-state index is 4.73. The van der Waals surface area contributed by atoms with E-state index in [2.05, 4.69) is 15.5 Å². The molecule has 1 aromatic heterocycles. The first-order valence-corrected chi connectivity index (χ1v) is 8.54. The van der Waals surface area contributed by atoms with E-state index in [0.717, 1.165) is 29.3 Å². The van der Waals surface area contributed by atoms with Gasteiger partial charge in [0.2, 0.25) is 5.13 Å². The summed E-state index contributed by atoms with van der Waals surface area (Å²) in [4.78, 5) is 7.19. The second kappa shape index (κ2) is 5.14. The smallest absolute Gasteiger partial charge is 0.205 e. The molecule has 1 atom stereocenters. The minimum Gasteiger partial charge on any atom is -0.346 e. The maximum atomic E-state index is 4.73. The van der Waals surface area contributed by atoms with Crippen molar-refractivity contribution in [1.29, 1.82) is 0 Å². The first-order valence-electron chi connectivity index (χ1n) is 6.48. The lowest BCUT2D eigenvalue weighted by Gasteiger charge is -2.22. The average molecular weight is 269 g/mol. The van der Waals surface area contributed by atoms with Crippen LogP contribution in [0.5, 0.6) is 0 Å². The predicted molar refractivity (Wildman–Crippen MR) is 75.3 cm³/mol. The lowest BCUT2D eigenvalue weighted by atomic mass is 10.2. The van der Waals surface area contributed by atoms with Crippen molar-refractivity contribution in [2.24, 2.45) is 0 Å². The molecule has 1 unspecified atom stereocenters. The topological polar surface area (TPSA) is 29.0 Å². The molecule has 1 aliphatic carbocycles. The van der Waals surface area contributed by atoms with Gasteiger partial charge >= 0.3 is 0 Å². The molecule has 0 spiro atoms. The van der Waals surface area contributed by atoms with E-state index < -0.39 is 0 Å². The molecule has 94 valence electrons. The number of hydrogen-bond acceptors (Lipinski definition) is 5. The number of hydrogen-bond donors (Lipinski definition) is 0. The molecule has 0 bridgehead atoms. The Bertz CT molecular complexity index is 376. The Morgan fingerprint density at radius 3 is 2.94 bits per heavy atom. The highest BCUT2D eigenvalue weighted by molar-refractivity contribution is 7.99. The summed E-state index contributed by atoms with van der Waals surface area (Å²) < 4.78 is 4.52. The molecular formula is C12H19N3S2. The number of thioether (sulfide) groups is 1. The van der Waals surface area contributed by atoms with Crippen LogP contribution in [-0.4, -0.2) is 34.0 Å². The highest BCUT2D eigenvalue weighted by Crippen LogP contribution is 2.40. The standard InChI is InChI=1S/C12H19N3S2/c1-16-10-4-2-3-7-15(8-10)12-13-11(14-17-12)9-5-6-9/h9-10H,2-8H2,1H3. The third kappa shape index (κ3) is 2.76. The molecule has 5 heteroatoms. The third-order valence-corrected chi connectivity index (χ3v) is 5.45. The van der Waals surface area contributed by atoms with Gasteiger partial charge in [0.1, 0.15) is 5.82 Å². The Balaban J connectivity index is 1.71. The SMILES string of the molecule is CSC1CCCCN(c2nc(C3CC3)ns2)C1. The van der Waals surface area contributed by atoms with Gasteiger partial charge in [0.05, 0.1) is 0 Å². The second-order valence-electron chi connectivity index (χ2n) is 5.01. The van der Waals surface area contributed by atoms with Crippen LogP contribution in [0.15, 0.2) is 0 Å². The monoisotopic (exact) mass is 269 g/mol. The molecule has 2 heterocycles. The molecule has 17 heavy (non-hydrogen) atoms. The van der Waals surface area contributed by atoms with Crippen LogP contribution in [0.1, 0.15) is 43.8 Å². The summed E-state index contributed by atoms with van der Waals surface area (Å²) in [7, 11) is 0. The van der Waals surface area contributed by atoms with Gasteiger partial charge < -0.3 is 4.90 Å². The van der Waals surface area contributed by atoms with E-state index in [1.807, 2.05) is 11.8 Å². The van der Waals surface area contributed by atoms with Gasteiger partial charge in [-0.05, 0) is 31.9 Å². The van der Waals surface area contributed by atoms with Crippen LogP contribution >= 0.6 is 23.3 Å². The Morgan fingerprint density at radius 2 is 2.18 bits per heavy atom. The first-order chi connectivity index (χ1) is 8.36. The van der Waals surface area contributed by atoms with Crippen LogP contribution in [0.25, 0.3) is 0 Å². The van der Waals surface area contributed by atoms with E-state index in [1.54, 1.807) is 11.5 Å². The van der Waals surface area contributed by atoms with Crippen molar-refractivity contribution >= 4 is 28.4 Å². The fourth-order valence-corrected chi connectivity index (χ4v) is 3.84. The summed E-state index contributed by atoms with van der Waals surface area (Å²) in [5, 5.41) is 1.93. The molecule has 1 saturated carbocycles. The van der Waals surface area contributed by atoms with E-state index in [4.69, 9.17) is 4.98 Å². The quantitative estimate of drug-likeness (QED) is 0.843. The van der Waals surface area contributed by atoms with Crippen molar-refractivity contribution in [1.82, 2.24) is 9.36 Å². The molecule has 1 aromatic rings. The van der Waals surface area contributed by atoms with Gasteiger partial charge in [-0.2, -0.15) is 16.1 Å². The van der Waals surface area contributed by atoms with Gasteiger partial charge in [-0.25, -0.2) is 4.98 Å². The highest BCUT2D eigenvalue weighted by atomic mass is 32.2. The van der Waals surface area contributed by atoms with Crippen LogP contribution in [0.4, 0.5) is 5.13 Å². The van der Waals surface area contributed by atoms with E-state index in [-0.39, 0.29) is 0 Å². The van der Waals surface area contributed by atoms with Gasteiger partial charge in [-0.3, -0.25) is 0 Å². The number of aromatic nitrogens is 2. The minimum atomic E-state index is 0.684. The van der Waals surface area contributed by atoms with Crippen LogP contribution in [-0.2, 0) is 0 Å². The fraction of sp³-hybridized carbons (Fsp3) is 0.833. The van der Waals surface area contributed by atoms with E-state index in [0.29, 0.717) is 5.92 Å². The Labute approximate surface area is 111 Å². The molecule has 2 aliphatic rings. The summed E-state index contributed by atoms with van der Waals surface area (Å²) in [5.41, 5.74) is 0. The normalized spacial score (nSPS) is 25.9. The number of anilines is 1. The molecule has 1 saturated heterocycles. The van der Waals surface area contributed by atoms with Crippen LogP contribution in [0.2, 0.25) is 0 Å². The molecule has 2 fully saturated rings. The summed E-state index contributed by atoms with van der Waals surface area (Å²) in [5.74, 6) is 1.79. The lowest BCUT2D eigenvalue weighted by Crippen LogP contribution is -2.29. The summed E-state index contributed by atoms with van der Waals surface area (Å²) in [6.45, 7) is 2.32. The van der Waals surface area contributed by atoms with E-state index in [9.17, 15) is 0 Å². The molecule has 1 aliphatic heterocycles. The minimum absolute atomic E-state index is 0.684. The van der Waals surface area contributed by atoms with Gasteiger partial charge in [0.25, 0.3) is 0 Å². The zero-order chi connectivity index (χ0) is 11.7. The molecular weight excluding hydrogens is 250 g/mol. The zero-order valence-electron chi connectivity index (χ0n) is 10.3. The Morgan fingerprint density at radius 1 is 1.29 bits per heavy atom. The average Bonchev–Trinajstić information content (AvgIpc) is 3.13. The van der Waals surface area contributed by atoms with Gasteiger partial charge in [0, 0.05) is 35.8 Å².